The molecule has 2 rings (SSSR count). The molecule has 9 heteroatoms. The minimum Gasteiger partial charge on any atom is -0.497 e. The molecule has 1 atom stereocenters. The summed E-state index contributed by atoms with van der Waals surface area (Å²) in [6.45, 7) is 6.02. The van der Waals surface area contributed by atoms with Gasteiger partial charge in [-0.2, -0.15) is 4.31 Å². The number of ether oxygens (including phenoxy) is 1. The number of nitrogens with zero attached hydrogens (tertiary/aromatic N) is 2. The molecule has 1 N–H and O–H groups in total. The van der Waals surface area contributed by atoms with Crippen LogP contribution in [0.15, 0.2) is 53.4 Å². The van der Waals surface area contributed by atoms with Gasteiger partial charge in [0.1, 0.15) is 11.8 Å². The molecule has 0 spiro atoms. The average molecular weight is 504 g/mol. The van der Waals surface area contributed by atoms with E-state index in [2.05, 4.69) is 5.32 Å². The van der Waals surface area contributed by atoms with Crippen molar-refractivity contribution in [1.29, 1.82) is 0 Å². The third-order valence-electron chi connectivity index (χ3n) is 5.79. The maximum absolute atomic E-state index is 13.5. The SMILES string of the molecule is CCCCNC(=O)[C@@H](CC)N(Cc1cccc(OC)c1)C(=O)CN(C)S(=O)(=O)c1ccc(C)cc1. The lowest BCUT2D eigenvalue weighted by atomic mass is 10.1. The van der Waals surface area contributed by atoms with E-state index < -0.39 is 22.0 Å². The highest BCUT2D eigenvalue weighted by atomic mass is 32.2. The van der Waals surface area contributed by atoms with E-state index in [0.29, 0.717) is 18.7 Å². The summed E-state index contributed by atoms with van der Waals surface area (Å²) in [6.07, 6.45) is 2.16. The highest BCUT2D eigenvalue weighted by molar-refractivity contribution is 7.89. The highest BCUT2D eigenvalue weighted by Gasteiger charge is 2.31. The first-order valence-electron chi connectivity index (χ1n) is 11.9. The number of aryl methyl sites for hydroxylation is 1. The molecular weight excluding hydrogens is 466 g/mol. The van der Waals surface area contributed by atoms with Gasteiger partial charge in [0.2, 0.25) is 21.8 Å². The maximum atomic E-state index is 13.5. The monoisotopic (exact) mass is 503 g/mol. The zero-order valence-electron chi connectivity index (χ0n) is 21.3. The molecule has 0 aliphatic carbocycles. The fourth-order valence-electron chi connectivity index (χ4n) is 3.65. The van der Waals surface area contributed by atoms with Crippen LogP contribution < -0.4 is 10.1 Å². The molecule has 0 bridgehead atoms. The third-order valence-corrected chi connectivity index (χ3v) is 7.61. The van der Waals surface area contributed by atoms with E-state index in [9.17, 15) is 18.0 Å². The number of nitrogens with one attached hydrogen (secondary N) is 1. The van der Waals surface area contributed by atoms with Crippen molar-refractivity contribution in [3.8, 4) is 5.75 Å². The van der Waals surface area contributed by atoms with Crippen LogP contribution in [-0.4, -0.2) is 62.7 Å². The Hall–Kier alpha value is -2.91. The second kappa shape index (κ2) is 13.3. The van der Waals surface area contributed by atoms with E-state index in [1.54, 1.807) is 31.4 Å². The van der Waals surface area contributed by atoms with Crippen molar-refractivity contribution in [3.05, 3.63) is 59.7 Å². The lowest BCUT2D eigenvalue weighted by Crippen LogP contribution is -2.51. The smallest absolute Gasteiger partial charge is 0.243 e. The van der Waals surface area contributed by atoms with Crippen LogP contribution in [0, 0.1) is 6.92 Å². The van der Waals surface area contributed by atoms with Gasteiger partial charge in [0.15, 0.2) is 0 Å². The summed E-state index contributed by atoms with van der Waals surface area (Å²) < 4.78 is 32.4. The minimum atomic E-state index is -3.87. The first kappa shape index (κ1) is 28.3. The van der Waals surface area contributed by atoms with E-state index in [0.717, 1.165) is 28.3 Å². The molecule has 0 radical (unpaired) electrons. The maximum Gasteiger partial charge on any atom is 0.243 e. The van der Waals surface area contributed by atoms with E-state index in [-0.39, 0.29) is 23.9 Å². The molecule has 192 valence electrons. The molecule has 2 aromatic carbocycles. The summed E-state index contributed by atoms with van der Waals surface area (Å²) in [7, 11) is -0.940. The third kappa shape index (κ3) is 7.80. The van der Waals surface area contributed by atoms with Crippen LogP contribution >= 0.6 is 0 Å². The van der Waals surface area contributed by atoms with Gasteiger partial charge in [-0.15, -0.1) is 0 Å². The van der Waals surface area contributed by atoms with Crippen LogP contribution in [0.3, 0.4) is 0 Å². The second-order valence-corrected chi connectivity index (χ2v) is 10.6. The summed E-state index contributed by atoms with van der Waals surface area (Å²) in [5, 5.41) is 2.90. The van der Waals surface area contributed by atoms with E-state index in [1.165, 1.54) is 24.1 Å². The van der Waals surface area contributed by atoms with Crippen molar-refractivity contribution in [2.75, 3.05) is 27.2 Å². The first-order valence-corrected chi connectivity index (χ1v) is 13.3. The van der Waals surface area contributed by atoms with Crippen molar-refractivity contribution in [2.45, 2.75) is 57.5 Å². The standard InChI is InChI=1S/C26H37N3O5S/c1-6-8-16-27-26(31)24(7-2)29(18-21-10-9-11-22(17-21)34-5)25(30)19-28(4)35(32,33)23-14-12-20(3)13-15-23/h9-15,17,24H,6-8,16,18-19H2,1-5H3,(H,27,31)/t24-/m1/s1. The average Bonchev–Trinajstić information content (AvgIpc) is 2.84. The molecule has 2 aromatic rings. The Balaban J connectivity index is 2.31. The Bertz CT molecular complexity index is 1090. The van der Waals surface area contributed by atoms with Gasteiger partial charge in [-0.25, -0.2) is 8.42 Å². The van der Waals surface area contributed by atoms with Gasteiger partial charge in [-0.3, -0.25) is 9.59 Å². The van der Waals surface area contributed by atoms with Crippen LogP contribution in [0.5, 0.6) is 5.75 Å². The summed E-state index contributed by atoms with van der Waals surface area (Å²) in [5.41, 5.74) is 1.72. The number of sulfonamides is 1. The van der Waals surface area contributed by atoms with Crippen molar-refractivity contribution in [1.82, 2.24) is 14.5 Å². The summed E-state index contributed by atoms with van der Waals surface area (Å²) in [4.78, 5) is 28.0. The number of likely N-dealkylation sites (N-methyl/N-ethyl adjacent to an activating group) is 1. The molecule has 8 nitrogen and oxygen atoms in total. The first-order chi connectivity index (χ1) is 16.6. The van der Waals surface area contributed by atoms with Crippen LogP contribution in [0.1, 0.15) is 44.2 Å². The van der Waals surface area contributed by atoms with Crippen molar-refractivity contribution < 1.29 is 22.7 Å². The number of methoxy groups -OCH3 is 1. The molecule has 35 heavy (non-hydrogen) atoms. The van der Waals surface area contributed by atoms with Crippen molar-refractivity contribution >= 4 is 21.8 Å². The second-order valence-electron chi connectivity index (χ2n) is 8.52. The Labute approximate surface area is 209 Å². The lowest BCUT2D eigenvalue weighted by Gasteiger charge is -2.32. The number of benzene rings is 2. The quantitative estimate of drug-likeness (QED) is 0.423. The predicted octanol–water partition coefficient (Wildman–Crippen LogP) is 3.35. The zero-order chi connectivity index (χ0) is 26.0. The van der Waals surface area contributed by atoms with E-state index in [1.807, 2.05) is 32.9 Å². The summed E-state index contributed by atoms with van der Waals surface area (Å²) in [5.74, 6) is -0.0702. The molecule has 0 aliphatic rings. The molecule has 0 fully saturated rings. The van der Waals surface area contributed by atoms with Crippen LogP contribution in [0.2, 0.25) is 0 Å². The van der Waals surface area contributed by atoms with Gasteiger partial charge in [0.05, 0.1) is 18.6 Å². The number of amides is 2. The highest BCUT2D eigenvalue weighted by Crippen LogP contribution is 2.19. The Kier molecular flexibility index (Phi) is 10.7. The zero-order valence-corrected chi connectivity index (χ0v) is 22.1. The van der Waals surface area contributed by atoms with Crippen LogP contribution in [0.4, 0.5) is 0 Å². The Morgan fingerprint density at radius 1 is 1.09 bits per heavy atom. The largest absolute Gasteiger partial charge is 0.497 e. The Morgan fingerprint density at radius 2 is 1.77 bits per heavy atom. The number of hydrogen-bond acceptors (Lipinski definition) is 5. The normalized spacial score (nSPS) is 12.3. The number of unbranched alkanes of at least 4 members (excludes halogenated alkanes) is 1. The molecule has 0 saturated heterocycles. The fraction of sp³-hybridized carbons (Fsp3) is 0.462. The Morgan fingerprint density at radius 3 is 2.37 bits per heavy atom. The summed E-state index contributed by atoms with van der Waals surface area (Å²) in [6, 6.07) is 13.0. The molecule has 0 heterocycles. The molecule has 0 aliphatic heterocycles. The fourth-order valence-corrected chi connectivity index (χ4v) is 4.77. The topological polar surface area (TPSA) is 96.0 Å². The lowest BCUT2D eigenvalue weighted by molar-refractivity contribution is -0.141. The van der Waals surface area contributed by atoms with Gasteiger partial charge < -0.3 is 15.0 Å². The van der Waals surface area contributed by atoms with Crippen molar-refractivity contribution in [2.24, 2.45) is 0 Å². The number of rotatable bonds is 13. The molecule has 0 unspecified atom stereocenters. The van der Waals surface area contributed by atoms with Gasteiger partial charge in [0.25, 0.3) is 0 Å². The number of carbonyl (C=O) groups excluding carboxylic acids is 2. The minimum absolute atomic E-state index is 0.113. The number of hydrogen-bond donors (Lipinski definition) is 1. The molecule has 0 saturated carbocycles. The number of carbonyl (C=O) groups is 2. The van der Waals surface area contributed by atoms with Crippen LogP contribution in [0.25, 0.3) is 0 Å². The van der Waals surface area contributed by atoms with E-state index >= 15 is 0 Å². The van der Waals surface area contributed by atoms with Gasteiger partial charge >= 0.3 is 0 Å². The molecule has 2 amide bonds. The van der Waals surface area contributed by atoms with Crippen molar-refractivity contribution in [3.63, 3.8) is 0 Å². The van der Waals surface area contributed by atoms with Gasteiger partial charge in [-0.05, 0) is 49.6 Å². The van der Waals surface area contributed by atoms with Gasteiger partial charge in [-0.1, -0.05) is 50.1 Å². The molecular formula is C26H37N3O5S. The predicted molar refractivity (Wildman–Crippen MR) is 137 cm³/mol. The molecule has 0 aromatic heterocycles. The summed E-state index contributed by atoms with van der Waals surface area (Å²) >= 11 is 0. The van der Waals surface area contributed by atoms with Crippen LogP contribution in [-0.2, 0) is 26.2 Å². The van der Waals surface area contributed by atoms with Gasteiger partial charge in [0, 0.05) is 20.1 Å². The van der Waals surface area contributed by atoms with E-state index in [4.69, 9.17) is 4.74 Å².